The molecule has 0 spiro atoms. The highest BCUT2D eigenvalue weighted by molar-refractivity contribution is 6.30. The molecular formula is C10H9ClN4. The lowest BCUT2D eigenvalue weighted by molar-refractivity contribution is 0.558. The zero-order valence-corrected chi connectivity index (χ0v) is 8.78. The lowest BCUT2D eigenvalue weighted by atomic mass is 10.1. The third kappa shape index (κ3) is 1.41. The van der Waals surface area contributed by atoms with Crippen LogP contribution < -0.4 is 0 Å². The fourth-order valence-electron chi connectivity index (χ4n) is 1.81. The minimum Gasteiger partial charge on any atom is -0.317 e. The maximum absolute atomic E-state index is 5.87. The minimum atomic E-state index is 0.485. The van der Waals surface area contributed by atoms with E-state index in [1.54, 1.807) is 6.20 Å². The average Bonchev–Trinajstić information content (AvgIpc) is 2.29. The number of nitrogens with zero attached hydrogens (tertiary/aromatic N) is 4. The van der Waals surface area contributed by atoms with Gasteiger partial charge in [0.1, 0.15) is 11.0 Å². The van der Waals surface area contributed by atoms with Gasteiger partial charge in [-0.15, -0.1) is 0 Å². The van der Waals surface area contributed by atoms with Crippen LogP contribution >= 0.6 is 11.6 Å². The number of amidine groups is 1. The number of pyridine rings is 1. The number of hydrogen-bond donors (Lipinski definition) is 0. The number of aliphatic imine (C=N–C) groups is 2. The highest BCUT2D eigenvalue weighted by atomic mass is 35.5. The summed E-state index contributed by atoms with van der Waals surface area (Å²) in [5.41, 5.74) is 1.83. The van der Waals surface area contributed by atoms with Crippen LogP contribution in [0.3, 0.4) is 0 Å². The van der Waals surface area contributed by atoms with Gasteiger partial charge < -0.3 is 4.90 Å². The molecule has 0 aromatic carbocycles. The van der Waals surface area contributed by atoms with E-state index in [1.807, 2.05) is 12.4 Å². The van der Waals surface area contributed by atoms with E-state index in [1.165, 1.54) is 0 Å². The molecule has 0 amide bonds. The summed E-state index contributed by atoms with van der Waals surface area (Å²) < 4.78 is 0. The zero-order valence-electron chi connectivity index (χ0n) is 8.02. The Morgan fingerprint density at radius 3 is 3.27 bits per heavy atom. The first-order valence-corrected chi connectivity index (χ1v) is 5.23. The van der Waals surface area contributed by atoms with Gasteiger partial charge in [-0.3, -0.25) is 4.99 Å². The Balaban J connectivity index is 2.18. The largest absolute Gasteiger partial charge is 0.317 e. The minimum absolute atomic E-state index is 0.485. The van der Waals surface area contributed by atoms with Crippen LogP contribution in [0, 0.1) is 0 Å². The van der Waals surface area contributed by atoms with Gasteiger partial charge in [0.25, 0.3) is 0 Å². The van der Waals surface area contributed by atoms with E-state index in [9.17, 15) is 0 Å². The van der Waals surface area contributed by atoms with Crippen molar-refractivity contribution in [3.63, 3.8) is 0 Å². The molecule has 4 nitrogen and oxygen atoms in total. The molecule has 2 aliphatic rings. The molecule has 15 heavy (non-hydrogen) atoms. The Kier molecular flexibility index (Phi) is 1.95. The van der Waals surface area contributed by atoms with Gasteiger partial charge in [0.05, 0.1) is 18.2 Å². The molecule has 0 bridgehead atoms. The second-order valence-corrected chi connectivity index (χ2v) is 3.91. The number of halogens is 1. The number of rotatable bonds is 0. The van der Waals surface area contributed by atoms with Gasteiger partial charge in [0, 0.05) is 18.7 Å². The maximum Gasteiger partial charge on any atom is 0.138 e. The summed E-state index contributed by atoms with van der Waals surface area (Å²) in [6.45, 7) is 1.85. The summed E-state index contributed by atoms with van der Waals surface area (Å²) in [6.07, 6.45) is 4.57. The quantitative estimate of drug-likeness (QED) is 0.627. The molecular weight excluding hydrogens is 212 g/mol. The van der Waals surface area contributed by atoms with Crippen LogP contribution in [0.15, 0.2) is 22.2 Å². The molecule has 1 aromatic heterocycles. The maximum atomic E-state index is 5.87. The monoisotopic (exact) mass is 220 g/mol. The molecule has 2 aliphatic heterocycles. The fraction of sp³-hybridized carbons (Fsp3) is 0.300. The first kappa shape index (κ1) is 8.85. The summed E-state index contributed by atoms with van der Waals surface area (Å²) in [5.74, 6) is 0.968. The molecule has 1 aromatic rings. The summed E-state index contributed by atoms with van der Waals surface area (Å²) >= 11 is 5.87. The van der Waals surface area contributed by atoms with Gasteiger partial charge in [0.15, 0.2) is 0 Å². The molecule has 0 saturated carbocycles. The van der Waals surface area contributed by atoms with Crippen molar-refractivity contribution >= 4 is 29.5 Å². The van der Waals surface area contributed by atoms with E-state index >= 15 is 0 Å². The van der Waals surface area contributed by atoms with Crippen molar-refractivity contribution in [1.82, 2.24) is 9.88 Å². The van der Waals surface area contributed by atoms with Crippen molar-refractivity contribution in [2.24, 2.45) is 9.98 Å². The standard InChI is InChI=1S/C10H9ClN4/c11-9-4-7-8(5-13-9)14-6-15-3-1-2-12-10(7)15/h4-6H,1-3H2. The lowest BCUT2D eigenvalue weighted by Gasteiger charge is -2.28. The molecule has 0 atom stereocenters. The van der Waals surface area contributed by atoms with E-state index in [2.05, 4.69) is 19.9 Å². The smallest absolute Gasteiger partial charge is 0.138 e. The Hall–Kier alpha value is -1.42. The third-order valence-corrected chi connectivity index (χ3v) is 2.72. The highest BCUT2D eigenvalue weighted by Crippen LogP contribution is 2.27. The second-order valence-electron chi connectivity index (χ2n) is 3.52. The van der Waals surface area contributed by atoms with Crippen LogP contribution in [-0.4, -0.2) is 35.1 Å². The van der Waals surface area contributed by atoms with E-state index < -0.39 is 0 Å². The normalized spacial score (nSPS) is 18.2. The molecule has 76 valence electrons. The molecule has 0 unspecified atom stereocenters. The first-order valence-electron chi connectivity index (χ1n) is 4.86. The Morgan fingerprint density at radius 1 is 1.40 bits per heavy atom. The molecule has 0 N–H and O–H groups in total. The van der Waals surface area contributed by atoms with Crippen LogP contribution in [0.5, 0.6) is 0 Å². The van der Waals surface area contributed by atoms with E-state index in [4.69, 9.17) is 11.6 Å². The molecule has 0 fully saturated rings. The van der Waals surface area contributed by atoms with Gasteiger partial charge in [-0.1, -0.05) is 11.6 Å². The highest BCUT2D eigenvalue weighted by Gasteiger charge is 2.22. The van der Waals surface area contributed by atoms with Crippen molar-refractivity contribution in [2.45, 2.75) is 6.42 Å². The average molecular weight is 221 g/mol. The van der Waals surface area contributed by atoms with Crippen molar-refractivity contribution in [3.8, 4) is 0 Å². The van der Waals surface area contributed by atoms with Crippen molar-refractivity contribution in [2.75, 3.05) is 13.1 Å². The molecule has 3 heterocycles. The van der Waals surface area contributed by atoms with Gasteiger partial charge in [-0.25, -0.2) is 9.98 Å². The van der Waals surface area contributed by atoms with Crippen LogP contribution in [0.1, 0.15) is 12.0 Å². The summed E-state index contributed by atoms with van der Waals surface area (Å²) in [7, 11) is 0. The van der Waals surface area contributed by atoms with Crippen molar-refractivity contribution < 1.29 is 0 Å². The molecule has 5 heteroatoms. The summed E-state index contributed by atoms with van der Waals surface area (Å²) in [6, 6.07) is 1.82. The Labute approximate surface area is 92.3 Å². The predicted molar refractivity (Wildman–Crippen MR) is 60.1 cm³/mol. The van der Waals surface area contributed by atoms with Gasteiger partial charge in [-0.05, 0) is 12.5 Å². The van der Waals surface area contributed by atoms with Crippen LogP contribution in [0.25, 0.3) is 0 Å². The third-order valence-electron chi connectivity index (χ3n) is 2.52. The van der Waals surface area contributed by atoms with Crippen molar-refractivity contribution in [1.29, 1.82) is 0 Å². The van der Waals surface area contributed by atoms with E-state index in [0.717, 1.165) is 36.6 Å². The predicted octanol–water partition coefficient (Wildman–Crippen LogP) is 1.86. The van der Waals surface area contributed by atoms with E-state index in [0.29, 0.717) is 5.15 Å². The van der Waals surface area contributed by atoms with Crippen molar-refractivity contribution in [3.05, 3.63) is 23.0 Å². The Morgan fingerprint density at radius 2 is 2.33 bits per heavy atom. The molecule has 0 aliphatic carbocycles. The lowest BCUT2D eigenvalue weighted by Crippen LogP contribution is -2.37. The SMILES string of the molecule is Clc1cc2c(cn1)N=CN1CCCN=C21. The summed E-state index contributed by atoms with van der Waals surface area (Å²) in [4.78, 5) is 14.9. The Bertz CT molecular complexity index is 466. The second kappa shape index (κ2) is 3.31. The zero-order chi connectivity index (χ0) is 10.3. The molecule has 0 saturated heterocycles. The summed E-state index contributed by atoms with van der Waals surface area (Å²) in [5, 5.41) is 0.485. The number of aromatic nitrogens is 1. The fourth-order valence-corrected chi connectivity index (χ4v) is 1.97. The number of fused-ring (bicyclic) bond motifs is 3. The van der Waals surface area contributed by atoms with E-state index in [-0.39, 0.29) is 0 Å². The first-order chi connectivity index (χ1) is 7.34. The topological polar surface area (TPSA) is 40.9 Å². The van der Waals surface area contributed by atoms with Crippen LogP contribution in [-0.2, 0) is 0 Å². The molecule has 0 radical (unpaired) electrons. The van der Waals surface area contributed by atoms with Crippen LogP contribution in [0.4, 0.5) is 5.69 Å². The van der Waals surface area contributed by atoms with Gasteiger partial charge in [0.2, 0.25) is 0 Å². The molecule has 3 rings (SSSR count). The van der Waals surface area contributed by atoms with Gasteiger partial charge >= 0.3 is 0 Å². The van der Waals surface area contributed by atoms with Gasteiger partial charge in [-0.2, -0.15) is 0 Å². The number of hydrogen-bond acceptors (Lipinski definition) is 4. The van der Waals surface area contributed by atoms with Crippen LogP contribution in [0.2, 0.25) is 5.15 Å².